The zero-order chi connectivity index (χ0) is 17.9. The van der Waals surface area contributed by atoms with Crippen LogP contribution in [0.1, 0.15) is 26.3 Å². The highest BCUT2D eigenvalue weighted by molar-refractivity contribution is 5.89. The highest BCUT2D eigenvalue weighted by Gasteiger charge is 2.17. The maximum atomic E-state index is 12.1. The third-order valence-electron chi connectivity index (χ3n) is 3.67. The number of carbonyl (C=O) groups excluding carboxylic acids is 1. The van der Waals surface area contributed by atoms with Crippen LogP contribution in [0.5, 0.6) is 11.5 Å². The number of amides is 1. The van der Waals surface area contributed by atoms with Crippen LogP contribution in [-0.4, -0.2) is 42.2 Å². The predicted molar refractivity (Wildman–Crippen MR) is 96.4 cm³/mol. The van der Waals surface area contributed by atoms with Gasteiger partial charge in [0.25, 0.3) is 0 Å². The Balaban J connectivity index is 2.22. The van der Waals surface area contributed by atoms with E-state index in [4.69, 9.17) is 4.74 Å². The molecule has 0 fully saturated rings. The number of nitrogens with one attached hydrogen (secondary N) is 1. The van der Waals surface area contributed by atoms with Gasteiger partial charge >= 0.3 is 0 Å². The molecule has 5 nitrogen and oxygen atoms in total. The Morgan fingerprint density at radius 1 is 1.25 bits per heavy atom. The van der Waals surface area contributed by atoms with E-state index in [1.54, 1.807) is 13.2 Å². The highest BCUT2D eigenvalue weighted by Crippen LogP contribution is 2.30. The first-order valence-corrected chi connectivity index (χ1v) is 7.98. The number of hydrogen-bond donors (Lipinski definition) is 2. The molecule has 0 bridgehead atoms. The molecule has 0 aromatic heterocycles. The van der Waals surface area contributed by atoms with Crippen molar-refractivity contribution in [3.63, 3.8) is 0 Å². The number of carbonyl (C=O) groups is 1. The average Bonchev–Trinajstić information content (AvgIpc) is 2.47. The number of phenolic OH excluding ortho intramolecular Hbond substituents is 1. The Morgan fingerprint density at radius 2 is 1.92 bits per heavy atom. The molecule has 0 atom stereocenters. The van der Waals surface area contributed by atoms with Crippen LogP contribution in [0, 0.1) is 0 Å². The first-order chi connectivity index (χ1) is 11.2. The predicted octanol–water partition coefficient (Wildman–Crippen LogP) is 2.90. The Labute approximate surface area is 143 Å². The van der Waals surface area contributed by atoms with Crippen molar-refractivity contribution in [2.24, 2.45) is 0 Å². The Bertz CT molecular complexity index is 735. The maximum absolute atomic E-state index is 12.1. The molecule has 0 aliphatic heterocycles. The van der Waals surface area contributed by atoms with E-state index in [0.717, 1.165) is 22.1 Å². The topological polar surface area (TPSA) is 61.8 Å². The number of benzene rings is 2. The molecule has 0 radical (unpaired) electrons. The number of rotatable bonds is 5. The molecule has 0 saturated carbocycles. The van der Waals surface area contributed by atoms with Crippen molar-refractivity contribution in [3.05, 3.63) is 35.9 Å². The molecule has 0 spiro atoms. The molecule has 24 heavy (non-hydrogen) atoms. The van der Waals surface area contributed by atoms with Gasteiger partial charge in [-0.3, -0.25) is 9.69 Å². The van der Waals surface area contributed by atoms with Crippen LogP contribution in [0.3, 0.4) is 0 Å². The molecule has 2 N–H and O–H groups in total. The summed E-state index contributed by atoms with van der Waals surface area (Å²) >= 11 is 0. The van der Waals surface area contributed by atoms with Gasteiger partial charge in [0.05, 0.1) is 13.7 Å². The lowest BCUT2D eigenvalue weighted by Gasteiger charge is -2.24. The summed E-state index contributed by atoms with van der Waals surface area (Å²) in [5.74, 6) is 0.920. The van der Waals surface area contributed by atoms with Crippen molar-refractivity contribution < 1.29 is 14.6 Å². The van der Waals surface area contributed by atoms with Crippen LogP contribution in [0.2, 0.25) is 0 Å². The summed E-state index contributed by atoms with van der Waals surface area (Å²) in [4.78, 5) is 14.0. The molecule has 0 unspecified atom stereocenters. The van der Waals surface area contributed by atoms with Crippen molar-refractivity contribution in [1.29, 1.82) is 0 Å². The molecule has 1 amide bonds. The van der Waals surface area contributed by atoms with Crippen molar-refractivity contribution >= 4 is 16.7 Å². The van der Waals surface area contributed by atoms with Crippen LogP contribution in [0.4, 0.5) is 0 Å². The van der Waals surface area contributed by atoms with E-state index >= 15 is 0 Å². The summed E-state index contributed by atoms with van der Waals surface area (Å²) in [6, 6.07) is 9.33. The number of methoxy groups -OCH3 is 1. The molecule has 0 aliphatic carbocycles. The van der Waals surface area contributed by atoms with Gasteiger partial charge in [-0.05, 0) is 56.8 Å². The van der Waals surface area contributed by atoms with Crippen molar-refractivity contribution in [1.82, 2.24) is 10.2 Å². The molecule has 2 rings (SSSR count). The maximum Gasteiger partial charge on any atom is 0.234 e. The Morgan fingerprint density at radius 3 is 2.54 bits per heavy atom. The fourth-order valence-corrected chi connectivity index (χ4v) is 2.67. The highest BCUT2D eigenvalue weighted by atomic mass is 16.5. The van der Waals surface area contributed by atoms with Gasteiger partial charge in [0.2, 0.25) is 5.91 Å². The smallest absolute Gasteiger partial charge is 0.234 e. The second-order valence-electron chi connectivity index (χ2n) is 7.12. The average molecular weight is 330 g/mol. The van der Waals surface area contributed by atoms with Gasteiger partial charge in [-0.15, -0.1) is 0 Å². The zero-order valence-electron chi connectivity index (χ0n) is 15.0. The number of ether oxygens (including phenoxy) is 1. The molecule has 0 heterocycles. The van der Waals surface area contributed by atoms with Gasteiger partial charge in [0.1, 0.15) is 11.5 Å². The second kappa shape index (κ2) is 7.09. The van der Waals surface area contributed by atoms with E-state index in [1.165, 1.54) is 0 Å². The number of nitrogens with zero attached hydrogens (tertiary/aromatic N) is 1. The molecule has 0 saturated heterocycles. The van der Waals surface area contributed by atoms with E-state index in [1.807, 2.05) is 57.0 Å². The number of aromatic hydroxyl groups is 1. The minimum Gasteiger partial charge on any atom is -0.508 e. The molecule has 5 heteroatoms. The minimum atomic E-state index is -0.257. The number of phenols is 1. The van der Waals surface area contributed by atoms with Crippen molar-refractivity contribution in [3.8, 4) is 11.5 Å². The molecule has 2 aromatic carbocycles. The van der Waals surface area contributed by atoms with Crippen LogP contribution >= 0.6 is 0 Å². The number of likely N-dealkylation sites (N-methyl/N-ethyl adjacent to an activating group) is 1. The molecule has 130 valence electrons. The lowest BCUT2D eigenvalue weighted by molar-refractivity contribution is -0.123. The van der Waals surface area contributed by atoms with E-state index in [9.17, 15) is 9.90 Å². The summed E-state index contributed by atoms with van der Waals surface area (Å²) in [5, 5.41) is 15.2. The normalized spacial score (nSPS) is 11.8. The molecular weight excluding hydrogens is 304 g/mol. The van der Waals surface area contributed by atoms with Gasteiger partial charge in [0.15, 0.2) is 0 Å². The fourth-order valence-electron chi connectivity index (χ4n) is 2.67. The fraction of sp³-hybridized carbons (Fsp3) is 0.421. The van der Waals surface area contributed by atoms with E-state index < -0.39 is 0 Å². The second-order valence-corrected chi connectivity index (χ2v) is 7.12. The first kappa shape index (κ1) is 18.1. The Hall–Kier alpha value is -2.27. The first-order valence-electron chi connectivity index (χ1n) is 7.98. The lowest BCUT2D eigenvalue weighted by Crippen LogP contribution is -2.45. The van der Waals surface area contributed by atoms with Crippen LogP contribution < -0.4 is 10.1 Å². The van der Waals surface area contributed by atoms with E-state index in [0.29, 0.717) is 6.54 Å². The molecule has 2 aromatic rings. The summed E-state index contributed by atoms with van der Waals surface area (Å²) in [6.07, 6.45) is 0. The van der Waals surface area contributed by atoms with Crippen molar-refractivity contribution in [2.45, 2.75) is 32.9 Å². The molecule has 0 aliphatic rings. The summed E-state index contributed by atoms with van der Waals surface area (Å²) in [5.41, 5.74) is 0.532. The Kier molecular flexibility index (Phi) is 5.34. The zero-order valence-corrected chi connectivity index (χ0v) is 15.0. The summed E-state index contributed by atoms with van der Waals surface area (Å²) in [7, 11) is 3.48. The monoisotopic (exact) mass is 330 g/mol. The minimum absolute atomic E-state index is 0.0395. The van der Waals surface area contributed by atoms with Gasteiger partial charge in [0, 0.05) is 17.6 Å². The third kappa shape index (κ3) is 4.61. The van der Waals surface area contributed by atoms with Gasteiger partial charge in [-0.2, -0.15) is 0 Å². The van der Waals surface area contributed by atoms with Gasteiger partial charge in [-0.25, -0.2) is 0 Å². The van der Waals surface area contributed by atoms with Gasteiger partial charge < -0.3 is 15.2 Å². The quantitative estimate of drug-likeness (QED) is 0.885. The standard InChI is InChI=1S/C19H26N2O3/c1-19(2,3)20-18(23)12-21(4)11-16-15-10-14(24-5)8-6-13(15)7-9-17(16)22/h6-10,22H,11-12H2,1-5H3,(H,20,23). The van der Waals surface area contributed by atoms with Gasteiger partial charge in [-0.1, -0.05) is 12.1 Å². The largest absolute Gasteiger partial charge is 0.508 e. The lowest BCUT2D eigenvalue weighted by atomic mass is 10.0. The van der Waals surface area contributed by atoms with Crippen LogP contribution in [0.15, 0.2) is 30.3 Å². The molecular formula is C19H26N2O3. The van der Waals surface area contributed by atoms with E-state index in [-0.39, 0.29) is 23.7 Å². The third-order valence-corrected chi connectivity index (χ3v) is 3.67. The van der Waals surface area contributed by atoms with Crippen LogP contribution in [-0.2, 0) is 11.3 Å². The SMILES string of the molecule is COc1ccc2ccc(O)c(CN(C)CC(=O)NC(C)(C)C)c2c1. The number of hydrogen-bond acceptors (Lipinski definition) is 4. The van der Waals surface area contributed by atoms with Crippen LogP contribution in [0.25, 0.3) is 10.8 Å². The number of fused-ring (bicyclic) bond motifs is 1. The summed E-state index contributed by atoms with van der Waals surface area (Å²) < 4.78 is 5.28. The summed E-state index contributed by atoms with van der Waals surface area (Å²) in [6.45, 7) is 6.58. The van der Waals surface area contributed by atoms with E-state index in [2.05, 4.69) is 5.32 Å². The van der Waals surface area contributed by atoms with Crippen molar-refractivity contribution in [2.75, 3.05) is 20.7 Å².